The van der Waals surface area contributed by atoms with E-state index in [1.165, 1.54) is 0 Å². The molecule has 0 bridgehead atoms. The smallest absolute Gasteiger partial charge is 0.216 e. The van der Waals surface area contributed by atoms with Crippen molar-refractivity contribution >= 4 is 41.5 Å². The van der Waals surface area contributed by atoms with Gasteiger partial charge in [0, 0.05) is 18.1 Å². The van der Waals surface area contributed by atoms with Gasteiger partial charge in [-0.25, -0.2) is 9.98 Å². The van der Waals surface area contributed by atoms with Gasteiger partial charge >= 0.3 is 0 Å². The summed E-state index contributed by atoms with van der Waals surface area (Å²) in [6.45, 7) is 14.0. The molecule has 1 atom stereocenters. The number of hydrogen-bond donors (Lipinski definition) is 2. The molecule has 0 aliphatic rings. The Morgan fingerprint density at radius 1 is 1.17 bits per heavy atom. The molecule has 1 heterocycles. The van der Waals surface area contributed by atoms with Crippen LogP contribution < -0.4 is 10.6 Å². The van der Waals surface area contributed by atoms with Crippen molar-refractivity contribution in [1.29, 1.82) is 0 Å². The number of guanidine groups is 1. The number of nitrogens with one attached hydrogen (secondary N) is 2. The van der Waals surface area contributed by atoms with E-state index in [1.807, 2.05) is 39.0 Å². The van der Waals surface area contributed by atoms with Gasteiger partial charge in [0.1, 0.15) is 12.3 Å². The quantitative estimate of drug-likeness (QED) is 0.278. The number of nitrogens with zero attached hydrogens (tertiary/aromatic N) is 3. The SMILES string of the molecule is CCNC(=NCc1nc(C)c(C)o1)NCC(c1ccccc1Cl)N(CC)CC.I. The van der Waals surface area contributed by atoms with Crippen LogP contribution in [0, 0.1) is 13.8 Å². The zero-order valence-electron chi connectivity index (χ0n) is 18.0. The summed E-state index contributed by atoms with van der Waals surface area (Å²) >= 11 is 6.49. The summed E-state index contributed by atoms with van der Waals surface area (Å²) in [5, 5.41) is 7.53. The maximum absolute atomic E-state index is 6.49. The van der Waals surface area contributed by atoms with Crippen molar-refractivity contribution in [1.82, 2.24) is 20.5 Å². The standard InChI is InChI=1S/C21H32ClN5O.HI/c1-6-23-21(25-14-20-26-15(4)16(5)28-20)24-13-19(27(7-2)8-3)17-11-9-10-12-18(17)22;/h9-12,19H,6-8,13-14H2,1-5H3,(H2,23,24,25);1H. The van der Waals surface area contributed by atoms with E-state index in [4.69, 9.17) is 16.0 Å². The van der Waals surface area contributed by atoms with Gasteiger partial charge < -0.3 is 15.1 Å². The molecule has 0 aliphatic heterocycles. The second-order valence-electron chi connectivity index (χ2n) is 6.58. The van der Waals surface area contributed by atoms with Crippen molar-refractivity contribution < 1.29 is 4.42 Å². The van der Waals surface area contributed by atoms with Crippen molar-refractivity contribution in [2.75, 3.05) is 26.2 Å². The Morgan fingerprint density at radius 2 is 1.86 bits per heavy atom. The van der Waals surface area contributed by atoms with Gasteiger partial charge in [-0.1, -0.05) is 43.6 Å². The Bertz CT molecular complexity index is 757. The first kappa shape index (κ1) is 25.7. The molecule has 162 valence electrons. The Morgan fingerprint density at radius 3 is 2.41 bits per heavy atom. The molecule has 6 nitrogen and oxygen atoms in total. The summed E-state index contributed by atoms with van der Waals surface area (Å²) in [6.07, 6.45) is 0. The van der Waals surface area contributed by atoms with E-state index in [1.54, 1.807) is 0 Å². The number of aryl methyl sites for hydroxylation is 2. The maximum Gasteiger partial charge on any atom is 0.216 e. The molecule has 1 unspecified atom stereocenters. The molecule has 1 aromatic heterocycles. The fourth-order valence-corrected chi connectivity index (χ4v) is 3.40. The third-order valence-corrected chi connectivity index (χ3v) is 5.11. The molecule has 0 spiro atoms. The highest BCUT2D eigenvalue weighted by Gasteiger charge is 2.20. The first-order valence-corrected chi connectivity index (χ1v) is 10.3. The number of rotatable bonds is 9. The van der Waals surface area contributed by atoms with Crippen LogP contribution in [-0.2, 0) is 6.54 Å². The number of oxazole rings is 1. The molecule has 0 saturated carbocycles. The van der Waals surface area contributed by atoms with Crippen LogP contribution in [0.1, 0.15) is 49.7 Å². The van der Waals surface area contributed by atoms with Crippen molar-refractivity contribution in [3.05, 3.63) is 52.2 Å². The van der Waals surface area contributed by atoms with E-state index in [9.17, 15) is 0 Å². The van der Waals surface area contributed by atoms with Crippen LogP contribution in [0.3, 0.4) is 0 Å². The van der Waals surface area contributed by atoms with E-state index in [2.05, 4.69) is 45.4 Å². The van der Waals surface area contributed by atoms with Gasteiger partial charge in [0.15, 0.2) is 5.96 Å². The molecular weight excluding hydrogens is 501 g/mol. The van der Waals surface area contributed by atoms with Crippen LogP contribution >= 0.6 is 35.6 Å². The molecule has 0 radical (unpaired) electrons. The molecule has 2 rings (SSSR count). The zero-order valence-corrected chi connectivity index (χ0v) is 21.0. The van der Waals surface area contributed by atoms with E-state index in [0.717, 1.165) is 47.6 Å². The average molecular weight is 534 g/mol. The van der Waals surface area contributed by atoms with E-state index >= 15 is 0 Å². The van der Waals surface area contributed by atoms with Gasteiger partial charge in [-0.3, -0.25) is 4.90 Å². The molecule has 8 heteroatoms. The lowest BCUT2D eigenvalue weighted by molar-refractivity contribution is 0.219. The third-order valence-electron chi connectivity index (χ3n) is 4.77. The van der Waals surface area contributed by atoms with Crippen LogP contribution in [-0.4, -0.2) is 42.0 Å². The molecule has 0 amide bonds. The largest absolute Gasteiger partial charge is 0.444 e. The molecule has 2 aromatic rings. The molecule has 2 N–H and O–H groups in total. The van der Waals surface area contributed by atoms with Crippen molar-refractivity contribution in [2.24, 2.45) is 4.99 Å². The molecule has 29 heavy (non-hydrogen) atoms. The third kappa shape index (κ3) is 7.46. The van der Waals surface area contributed by atoms with Gasteiger partial charge in [0.05, 0.1) is 11.7 Å². The Labute approximate surface area is 196 Å². The summed E-state index contributed by atoms with van der Waals surface area (Å²) in [7, 11) is 0. The number of likely N-dealkylation sites (N-methyl/N-ethyl adjacent to an activating group) is 1. The van der Waals surface area contributed by atoms with Gasteiger partial charge in [-0.15, -0.1) is 24.0 Å². The summed E-state index contributed by atoms with van der Waals surface area (Å²) in [5.41, 5.74) is 2.03. The van der Waals surface area contributed by atoms with Crippen LogP contribution in [0.2, 0.25) is 5.02 Å². The van der Waals surface area contributed by atoms with Crippen LogP contribution in [0.25, 0.3) is 0 Å². The highest BCUT2D eigenvalue weighted by atomic mass is 127. The summed E-state index contributed by atoms with van der Waals surface area (Å²) in [6, 6.07) is 8.18. The lowest BCUT2D eigenvalue weighted by atomic mass is 10.0. The minimum absolute atomic E-state index is 0. The lowest BCUT2D eigenvalue weighted by Gasteiger charge is -2.31. The number of aromatic nitrogens is 1. The number of benzene rings is 1. The zero-order chi connectivity index (χ0) is 20.5. The normalized spacial score (nSPS) is 12.6. The number of halogens is 2. The summed E-state index contributed by atoms with van der Waals surface area (Å²) in [4.78, 5) is 11.4. The van der Waals surface area contributed by atoms with E-state index in [-0.39, 0.29) is 30.0 Å². The molecule has 0 saturated heterocycles. The predicted octanol–water partition coefficient (Wildman–Crippen LogP) is 4.70. The molecule has 1 aromatic carbocycles. The maximum atomic E-state index is 6.49. The van der Waals surface area contributed by atoms with Crippen LogP contribution in [0.4, 0.5) is 0 Å². The Balaban J connectivity index is 0.00000420. The number of aliphatic imine (C=N–C) groups is 1. The second kappa shape index (κ2) is 13.1. The molecular formula is C21H33ClIN5O. The highest BCUT2D eigenvalue weighted by Crippen LogP contribution is 2.26. The van der Waals surface area contributed by atoms with E-state index < -0.39 is 0 Å². The van der Waals surface area contributed by atoms with Gasteiger partial charge in [-0.2, -0.15) is 0 Å². The van der Waals surface area contributed by atoms with Crippen molar-refractivity contribution in [3.8, 4) is 0 Å². The first-order chi connectivity index (χ1) is 13.5. The van der Waals surface area contributed by atoms with Crippen LogP contribution in [0.15, 0.2) is 33.7 Å². The van der Waals surface area contributed by atoms with Gasteiger partial charge in [0.2, 0.25) is 5.89 Å². The fraction of sp³-hybridized carbons (Fsp3) is 0.524. The second-order valence-corrected chi connectivity index (χ2v) is 6.99. The minimum Gasteiger partial charge on any atom is -0.444 e. The Kier molecular flexibility index (Phi) is 11.6. The van der Waals surface area contributed by atoms with Crippen molar-refractivity contribution in [2.45, 2.75) is 47.2 Å². The number of hydrogen-bond acceptors (Lipinski definition) is 4. The Hall–Kier alpha value is -1.32. The summed E-state index contributed by atoms with van der Waals surface area (Å²) in [5.74, 6) is 2.20. The van der Waals surface area contributed by atoms with Gasteiger partial charge in [-0.05, 0) is 45.5 Å². The average Bonchev–Trinajstić information content (AvgIpc) is 3.01. The predicted molar refractivity (Wildman–Crippen MR) is 131 cm³/mol. The van der Waals surface area contributed by atoms with Crippen LogP contribution in [0.5, 0.6) is 0 Å². The monoisotopic (exact) mass is 533 g/mol. The lowest BCUT2D eigenvalue weighted by Crippen LogP contribution is -2.43. The minimum atomic E-state index is 0. The van der Waals surface area contributed by atoms with Crippen molar-refractivity contribution in [3.63, 3.8) is 0 Å². The first-order valence-electron chi connectivity index (χ1n) is 9.93. The fourth-order valence-electron chi connectivity index (χ4n) is 3.13. The van der Waals surface area contributed by atoms with E-state index in [0.29, 0.717) is 19.0 Å². The van der Waals surface area contributed by atoms with Gasteiger partial charge in [0.25, 0.3) is 0 Å². The topological polar surface area (TPSA) is 65.7 Å². The summed E-state index contributed by atoms with van der Waals surface area (Å²) < 4.78 is 5.63. The molecule has 0 aliphatic carbocycles. The molecule has 0 fully saturated rings. The highest BCUT2D eigenvalue weighted by molar-refractivity contribution is 14.0.